The molecule has 32 heavy (non-hydrogen) atoms. The summed E-state index contributed by atoms with van der Waals surface area (Å²) in [5.74, 6) is 1.09. The van der Waals surface area contributed by atoms with Crippen LogP contribution in [-0.4, -0.2) is 50.5 Å². The third-order valence-electron chi connectivity index (χ3n) is 6.02. The van der Waals surface area contributed by atoms with Crippen molar-refractivity contribution in [2.75, 3.05) is 19.7 Å². The number of amides is 1. The Morgan fingerprint density at radius 3 is 2.88 bits per heavy atom. The van der Waals surface area contributed by atoms with Gasteiger partial charge in [-0.2, -0.15) is 0 Å². The molecular formula is C25H25N5O2. The van der Waals surface area contributed by atoms with Gasteiger partial charge in [-0.1, -0.05) is 35.5 Å². The van der Waals surface area contributed by atoms with Crippen molar-refractivity contribution >= 4 is 16.7 Å². The van der Waals surface area contributed by atoms with Crippen molar-refractivity contribution in [2.24, 2.45) is 5.92 Å². The van der Waals surface area contributed by atoms with E-state index in [2.05, 4.69) is 15.3 Å². The molecule has 1 unspecified atom stereocenters. The monoisotopic (exact) mass is 427 g/mol. The highest BCUT2D eigenvalue weighted by Crippen LogP contribution is 2.24. The lowest BCUT2D eigenvalue weighted by atomic mass is 9.98. The topological polar surface area (TPSA) is 73.1 Å². The van der Waals surface area contributed by atoms with Gasteiger partial charge in [-0.15, -0.1) is 5.10 Å². The highest BCUT2D eigenvalue weighted by atomic mass is 16.5. The highest BCUT2D eigenvalue weighted by molar-refractivity contribution is 5.94. The van der Waals surface area contributed by atoms with Crippen molar-refractivity contribution in [2.45, 2.75) is 19.8 Å². The van der Waals surface area contributed by atoms with Crippen LogP contribution in [0.1, 0.15) is 29.0 Å². The minimum atomic E-state index is -0.0694. The molecule has 7 heteroatoms. The Morgan fingerprint density at radius 1 is 1.12 bits per heavy atom. The van der Waals surface area contributed by atoms with Crippen LogP contribution in [0.25, 0.3) is 16.5 Å². The van der Waals surface area contributed by atoms with E-state index in [1.807, 2.05) is 72.6 Å². The molecule has 3 heterocycles. The Morgan fingerprint density at radius 2 is 2.00 bits per heavy atom. The number of ether oxygens (including phenoxy) is 1. The summed E-state index contributed by atoms with van der Waals surface area (Å²) in [5.41, 5.74) is 2.03. The molecule has 0 saturated carbocycles. The number of hydrogen-bond donors (Lipinski definition) is 0. The van der Waals surface area contributed by atoms with Gasteiger partial charge < -0.3 is 9.64 Å². The third-order valence-corrected chi connectivity index (χ3v) is 6.02. The first-order valence-electron chi connectivity index (χ1n) is 10.9. The number of fused-ring (bicyclic) bond motifs is 1. The summed E-state index contributed by atoms with van der Waals surface area (Å²) in [7, 11) is 0. The summed E-state index contributed by atoms with van der Waals surface area (Å²) in [5, 5.41) is 10.6. The molecule has 7 nitrogen and oxygen atoms in total. The first kappa shape index (κ1) is 20.2. The van der Waals surface area contributed by atoms with E-state index in [-0.39, 0.29) is 5.91 Å². The molecule has 1 aliphatic rings. The zero-order chi connectivity index (χ0) is 21.9. The molecule has 1 aliphatic heterocycles. The molecule has 1 atom stereocenters. The molecule has 2 aromatic heterocycles. The lowest BCUT2D eigenvalue weighted by Crippen LogP contribution is -2.42. The first-order chi connectivity index (χ1) is 15.7. The van der Waals surface area contributed by atoms with Crippen LogP contribution in [0, 0.1) is 12.8 Å². The van der Waals surface area contributed by atoms with E-state index in [4.69, 9.17) is 4.74 Å². The number of benzene rings is 2. The van der Waals surface area contributed by atoms with E-state index in [1.54, 1.807) is 10.9 Å². The van der Waals surface area contributed by atoms with Crippen LogP contribution in [0.2, 0.25) is 0 Å². The first-order valence-corrected chi connectivity index (χ1v) is 10.9. The van der Waals surface area contributed by atoms with E-state index in [0.717, 1.165) is 47.3 Å². The Hall–Kier alpha value is -3.74. The molecular weight excluding hydrogens is 402 g/mol. The maximum Gasteiger partial charge on any atom is 0.276 e. The summed E-state index contributed by atoms with van der Waals surface area (Å²) in [4.78, 5) is 19.4. The minimum absolute atomic E-state index is 0.0694. The van der Waals surface area contributed by atoms with Gasteiger partial charge >= 0.3 is 0 Å². The van der Waals surface area contributed by atoms with Crippen LogP contribution in [0.4, 0.5) is 0 Å². The number of carbonyl (C=O) groups excluding carboxylic acids is 1. The molecule has 0 N–H and O–H groups in total. The molecule has 0 bridgehead atoms. The Kier molecular flexibility index (Phi) is 5.54. The van der Waals surface area contributed by atoms with Crippen molar-refractivity contribution in [1.82, 2.24) is 24.9 Å². The van der Waals surface area contributed by atoms with E-state index >= 15 is 0 Å². The lowest BCUT2D eigenvalue weighted by Gasteiger charge is -2.32. The second-order valence-electron chi connectivity index (χ2n) is 8.19. The molecule has 2 aromatic carbocycles. The number of aromatic nitrogens is 4. The predicted octanol–water partition coefficient (Wildman–Crippen LogP) is 4.06. The standard InChI is InChI=1S/C25H25N5O2/c1-18-24(27-28-30(18)23-11-5-8-20-15-26-13-12-22(20)23)25(31)29-14-6-7-19(16-29)17-32-21-9-3-2-4-10-21/h2-5,8-13,15,19H,6-7,14,16-17H2,1H3. The number of carbonyl (C=O) groups is 1. The minimum Gasteiger partial charge on any atom is -0.493 e. The predicted molar refractivity (Wildman–Crippen MR) is 122 cm³/mol. The molecule has 0 aliphatic carbocycles. The van der Waals surface area contributed by atoms with Gasteiger partial charge in [-0.05, 0) is 44.0 Å². The fraction of sp³-hybridized carbons (Fsp3) is 0.280. The molecule has 162 valence electrons. The van der Waals surface area contributed by atoms with E-state index in [9.17, 15) is 4.79 Å². The lowest BCUT2D eigenvalue weighted by molar-refractivity contribution is 0.0626. The largest absolute Gasteiger partial charge is 0.493 e. The van der Waals surface area contributed by atoms with Gasteiger partial charge in [-0.3, -0.25) is 9.78 Å². The molecule has 1 fully saturated rings. The Labute approximate surface area is 186 Å². The van der Waals surface area contributed by atoms with Gasteiger partial charge in [-0.25, -0.2) is 4.68 Å². The zero-order valence-electron chi connectivity index (χ0n) is 18.0. The van der Waals surface area contributed by atoms with Crippen LogP contribution in [0.15, 0.2) is 67.0 Å². The number of nitrogens with zero attached hydrogens (tertiary/aromatic N) is 5. The summed E-state index contributed by atoms with van der Waals surface area (Å²) < 4.78 is 7.68. The van der Waals surface area contributed by atoms with E-state index in [0.29, 0.717) is 24.8 Å². The molecule has 1 saturated heterocycles. The number of rotatable bonds is 5. The Bertz CT molecular complexity index is 1230. The van der Waals surface area contributed by atoms with Crippen molar-refractivity contribution in [3.05, 3.63) is 78.4 Å². The number of hydrogen-bond acceptors (Lipinski definition) is 5. The number of para-hydroxylation sites is 1. The quantitative estimate of drug-likeness (QED) is 0.480. The van der Waals surface area contributed by atoms with Gasteiger partial charge in [0, 0.05) is 42.2 Å². The van der Waals surface area contributed by atoms with Gasteiger partial charge in [0.05, 0.1) is 18.0 Å². The van der Waals surface area contributed by atoms with Crippen LogP contribution in [-0.2, 0) is 0 Å². The fourth-order valence-corrected chi connectivity index (χ4v) is 4.31. The maximum atomic E-state index is 13.3. The third kappa shape index (κ3) is 3.93. The molecule has 0 radical (unpaired) electrons. The van der Waals surface area contributed by atoms with Gasteiger partial charge in [0.25, 0.3) is 5.91 Å². The van der Waals surface area contributed by atoms with E-state index in [1.165, 1.54) is 0 Å². The van der Waals surface area contributed by atoms with Gasteiger partial charge in [0.2, 0.25) is 0 Å². The normalized spacial score (nSPS) is 16.3. The molecule has 5 rings (SSSR count). The van der Waals surface area contributed by atoms with Crippen molar-refractivity contribution in [3.63, 3.8) is 0 Å². The van der Waals surface area contributed by atoms with Crippen LogP contribution < -0.4 is 4.74 Å². The van der Waals surface area contributed by atoms with Gasteiger partial charge in [0.15, 0.2) is 5.69 Å². The number of pyridine rings is 1. The summed E-state index contributed by atoms with van der Waals surface area (Å²) in [6.45, 7) is 3.89. The van der Waals surface area contributed by atoms with Crippen LogP contribution >= 0.6 is 0 Å². The second kappa shape index (κ2) is 8.78. The van der Waals surface area contributed by atoms with Crippen molar-refractivity contribution < 1.29 is 9.53 Å². The van der Waals surface area contributed by atoms with Crippen molar-refractivity contribution in [3.8, 4) is 11.4 Å². The van der Waals surface area contributed by atoms with Crippen LogP contribution in [0.5, 0.6) is 5.75 Å². The van der Waals surface area contributed by atoms with Crippen molar-refractivity contribution in [1.29, 1.82) is 0 Å². The average molecular weight is 428 g/mol. The average Bonchev–Trinajstić information content (AvgIpc) is 3.23. The smallest absolute Gasteiger partial charge is 0.276 e. The van der Waals surface area contributed by atoms with Crippen LogP contribution in [0.3, 0.4) is 0 Å². The maximum absolute atomic E-state index is 13.3. The molecule has 4 aromatic rings. The summed E-state index contributed by atoms with van der Waals surface area (Å²) in [6.07, 6.45) is 5.59. The van der Waals surface area contributed by atoms with E-state index < -0.39 is 0 Å². The zero-order valence-corrected chi connectivity index (χ0v) is 18.0. The number of likely N-dealkylation sites (tertiary alicyclic amines) is 1. The number of piperidine rings is 1. The SMILES string of the molecule is Cc1c(C(=O)N2CCCC(COc3ccccc3)C2)nnn1-c1cccc2cnccc12. The summed E-state index contributed by atoms with van der Waals surface area (Å²) in [6, 6.07) is 17.7. The summed E-state index contributed by atoms with van der Waals surface area (Å²) >= 11 is 0. The fourth-order valence-electron chi connectivity index (χ4n) is 4.31. The molecule has 0 spiro atoms. The molecule has 1 amide bonds. The highest BCUT2D eigenvalue weighted by Gasteiger charge is 2.28. The van der Waals surface area contributed by atoms with Gasteiger partial charge in [0.1, 0.15) is 5.75 Å². The Balaban J connectivity index is 1.33. The second-order valence-corrected chi connectivity index (χ2v) is 8.19.